The molecule has 1 saturated carbocycles. The summed E-state index contributed by atoms with van der Waals surface area (Å²) in [6.45, 7) is 0. The van der Waals surface area contributed by atoms with Crippen molar-refractivity contribution in [2.45, 2.75) is 24.2 Å². The van der Waals surface area contributed by atoms with Crippen molar-refractivity contribution in [1.82, 2.24) is 0 Å². The number of hydrogen-bond acceptors (Lipinski definition) is 4. The third kappa shape index (κ3) is 3.29. The van der Waals surface area contributed by atoms with Crippen molar-refractivity contribution in [2.24, 2.45) is 0 Å². The van der Waals surface area contributed by atoms with Gasteiger partial charge in [-0.2, -0.15) is 0 Å². The molecule has 1 aromatic rings. The van der Waals surface area contributed by atoms with E-state index in [4.69, 9.17) is 0 Å². The zero-order chi connectivity index (χ0) is 11.1. The molecule has 0 spiro atoms. The van der Waals surface area contributed by atoms with Gasteiger partial charge in [0.2, 0.25) is 0 Å². The van der Waals surface area contributed by atoms with Crippen LogP contribution in [0, 0.1) is 0 Å². The van der Waals surface area contributed by atoms with Crippen LogP contribution in [-0.4, -0.2) is 18.1 Å². The normalized spacial score (nSPS) is 17.6. The maximum atomic E-state index is 10.6. The smallest absolute Gasteiger partial charge is 0.746 e. The molecule has 2 rings (SSSR count). The molecule has 6 heteroatoms. The minimum atomic E-state index is -4.67. The quantitative estimate of drug-likeness (QED) is 0.502. The molecule has 0 aromatic heterocycles. The van der Waals surface area contributed by atoms with E-state index in [0.29, 0.717) is 5.92 Å². The molecule has 16 heavy (non-hydrogen) atoms. The van der Waals surface area contributed by atoms with Crippen molar-refractivity contribution in [3.05, 3.63) is 35.4 Å². The molecule has 0 saturated heterocycles. The molecule has 1 aliphatic rings. The second kappa shape index (κ2) is 5.16. The molecule has 1 N–H and O–H groups in total. The van der Waals surface area contributed by atoms with E-state index in [9.17, 15) is 18.1 Å². The Bertz CT molecular complexity index is 467. The van der Waals surface area contributed by atoms with Gasteiger partial charge in [-0.25, -0.2) is 8.42 Å². The zero-order valence-electron chi connectivity index (χ0n) is 8.96. The maximum absolute atomic E-state index is 10.6. The number of rotatable bonds is 3. The minimum absolute atomic E-state index is 0. The van der Waals surface area contributed by atoms with Gasteiger partial charge < -0.3 is 9.66 Å². The van der Waals surface area contributed by atoms with Gasteiger partial charge in [0, 0.05) is 0 Å². The predicted octanol–water partition coefficient (Wildman–Crippen LogP) is -1.90. The Hall–Kier alpha value is 0.0900. The van der Waals surface area contributed by atoms with Crippen LogP contribution in [0.25, 0.3) is 0 Å². The Morgan fingerprint density at radius 2 is 2.00 bits per heavy atom. The molecule has 0 aliphatic heterocycles. The Balaban J connectivity index is 0.00000128. The van der Waals surface area contributed by atoms with Gasteiger partial charge in [0.25, 0.3) is 0 Å². The molecule has 1 fully saturated rings. The first kappa shape index (κ1) is 14.2. The summed E-state index contributed by atoms with van der Waals surface area (Å²) < 4.78 is 31.9. The standard InChI is InChI=1S/C10H12O4S.Na/c11-10(15(12,13)14)9-3-1-2-8(6-9)7-4-5-7;/h1-3,6-7,10-11H,4-5H2,(H,12,13,14);/q;+1/p-1. The monoisotopic (exact) mass is 250 g/mol. The first-order chi connectivity index (χ1) is 6.98. The Morgan fingerprint density at radius 3 is 2.50 bits per heavy atom. The molecule has 1 aromatic carbocycles. The van der Waals surface area contributed by atoms with Crippen molar-refractivity contribution in [1.29, 1.82) is 0 Å². The van der Waals surface area contributed by atoms with Crippen LogP contribution in [0.2, 0.25) is 0 Å². The fraction of sp³-hybridized carbons (Fsp3) is 0.400. The second-order valence-corrected chi connectivity index (χ2v) is 5.22. The molecular weight excluding hydrogens is 239 g/mol. The van der Waals surface area contributed by atoms with E-state index in [1.807, 2.05) is 6.07 Å². The van der Waals surface area contributed by atoms with Gasteiger partial charge in [-0.05, 0) is 29.9 Å². The number of aliphatic hydroxyl groups excluding tert-OH is 1. The van der Waals surface area contributed by atoms with Crippen LogP contribution in [0.4, 0.5) is 0 Å². The molecule has 0 radical (unpaired) electrons. The van der Waals surface area contributed by atoms with Gasteiger partial charge in [0.05, 0.1) is 0 Å². The minimum Gasteiger partial charge on any atom is -0.746 e. The average molecular weight is 250 g/mol. The fourth-order valence-electron chi connectivity index (χ4n) is 1.55. The Labute approximate surface area is 117 Å². The van der Waals surface area contributed by atoms with Crippen LogP contribution >= 0.6 is 0 Å². The third-order valence-corrected chi connectivity index (χ3v) is 3.34. The molecule has 1 aliphatic carbocycles. The number of aliphatic hydroxyl groups is 1. The molecule has 1 unspecified atom stereocenters. The van der Waals surface area contributed by atoms with Crippen LogP contribution in [0.15, 0.2) is 24.3 Å². The molecule has 4 nitrogen and oxygen atoms in total. The molecule has 1 atom stereocenters. The number of benzene rings is 1. The topological polar surface area (TPSA) is 77.4 Å². The van der Waals surface area contributed by atoms with Gasteiger partial charge in [-0.15, -0.1) is 0 Å². The first-order valence-electron chi connectivity index (χ1n) is 4.71. The van der Waals surface area contributed by atoms with Crippen molar-refractivity contribution >= 4 is 10.1 Å². The van der Waals surface area contributed by atoms with E-state index >= 15 is 0 Å². The number of hydrogen-bond donors (Lipinski definition) is 1. The Morgan fingerprint density at radius 1 is 1.38 bits per heavy atom. The van der Waals surface area contributed by atoms with E-state index in [0.717, 1.165) is 18.4 Å². The van der Waals surface area contributed by atoms with E-state index in [1.165, 1.54) is 6.07 Å². The van der Waals surface area contributed by atoms with Crippen LogP contribution in [0.3, 0.4) is 0 Å². The fourth-order valence-corrected chi connectivity index (χ4v) is 2.03. The van der Waals surface area contributed by atoms with Gasteiger partial charge in [0.1, 0.15) is 10.1 Å². The third-order valence-electron chi connectivity index (χ3n) is 2.52. The Kier molecular flexibility index (Phi) is 4.57. The summed E-state index contributed by atoms with van der Waals surface area (Å²) in [4.78, 5) is 0. The molecule has 0 heterocycles. The van der Waals surface area contributed by atoms with Crippen molar-refractivity contribution in [2.75, 3.05) is 0 Å². The van der Waals surface area contributed by atoms with Crippen LogP contribution in [-0.2, 0) is 10.1 Å². The summed E-state index contributed by atoms with van der Waals surface area (Å²) >= 11 is 0. The van der Waals surface area contributed by atoms with Crippen LogP contribution in [0.1, 0.15) is 35.3 Å². The van der Waals surface area contributed by atoms with Gasteiger partial charge in [-0.1, -0.05) is 24.3 Å². The van der Waals surface area contributed by atoms with Crippen LogP contribution < -0.4 is 29.6 Å². The van der Waals surface area contributed by atoms with Gasteiger partial charge >= 0.3 is 29.6 Å². The summed E-state index contributed by atoms with van der Waals surface area (Å²) in [6.07, 6.45) is 2.17. The summed E-state index contributed by atoms with van der Waals surface area (Å²) in [5.74, 6) is 0.464. The van der Waals surface area contributed by atoms with E-state index in [1.54, 1.807) is 12.1 Å². The van der Waals surface area contributed by atoms with Crippen molar-refractivity contribution in [3.8, 4) is 0 Å². The largest absolute Gasteiger partial charge is 1.00 e. The van der Waals surface area contributed by atoms with E-state index in [-0.39, 0.29) is 35.1 Å². The first-order valence-corrected chi connectivity index (χ1v) is 6.18. The van der Waals surface area contributed by atoms with Gasteiger partial charge in [-0.3, -0.25) is 0 Å². The second-order valence-electron chi connectivity index (χ2n) is 3.79. The van der Waals surface area contributed by atoms with Crippen molar-refractivity contribution in [3.63, 3.8) is 0 Å². The van der Waals surface area contributed by atoms with Crippen molar-refractivity contribution < 1.29 is 47.6 Å². The van der Waals surface area contributed by atoms with Gasteiger partial charge in [0.15, 0.2) is 5.44 Å². The maximum Gasteiger partial charge on any atom is 1.00 e. The zero-order valence-corrected chi connectivity index (χ0v) is 11.8. The predicted molar refractivity (Wildman–Crippen MR) is 53.1 cm³/mol. The summed E-state index contributed by atoms with van der Waals surface area (Å²) in [5.41, 5.74) is -0.791. The molecule has 82 valence electrons. The summed E-state index contributed by atoms with van der Waals surface area (Å²) in [5, 5.41) is 9.28. The molecular formula is C10H11NaO4S. The summed E-state index contributed by atoms with van der Waals surface area (Å²) in [7, 11) is -4.67. The van der Waals surface area contributed by atoms with Crippen LogP contribution in [0.5, 0.6) is 0 Å². The van der Waals surface area contributed by atoms with E-state index < -0.39 is 15.6 Å². The molecule has 0 amide bonds. The SMILES string of the molecule is O=S(=O)([O-])C(O)c1cccc(C2CC2)c1.[Na+]. The average Bonchev–Trinajstić information content (AvgIpc) is 2.98. The molecule has 0 bridgehead atoms. The van der Waals surface area contributed by atoms with E-state index in [2.05, 4.69) is 0 Å². The summed E-state index contributed by atoms with van der Waals surface area (Å²) in [6, 6.07) is 6.59.